The van der Waals surface area contributed by atoms with Gasteiger partial charge in [0, 0.05) is 12.1 Å². The molecule has 0 radical (unpaired) electrons. The van der Waals surface area contributed by atoms with Crippen molar-refractivity contribution in [3.8, 4) is 0 Å². The fraction of sp³-hybridized carbons (Fsp3) is 0.214. The highest BCUT2D eigenvalue weighted by Gasteiger charge is 2.23. The van der Waals surface area contributed by atoms with Gasteiger partial charge < -0.3 is 9.73 Å². The van der Waals surface area contributed by atoms with Crippen molar-refractivity contribution in [1.82, 2.24) is 10.0 Å². The van der Waals surface area contributed by atoms with E-state index in [1.54, 1.807) is 12.1 Å². The SMILES string of the molecule is C[C@@H](NS(=O)(=O)c1cccc([N+](=O)[O-])c1)C(=O)NCc1ccco1. The quantitative estimate of drug-likeness (QED) is 0.567. The topological polar surface area (TPSA) is 132 Å². The van der Waals surface area contributed by atoms with Gasteiger partial charge in [-0.15, -0.1) is 0 Å². The number of nitrogens with zero attached hydrogens (tertiary/aromatic N) is 1. The average Bonchev–Trinajstić information content (AvgIpc) is 3.05. The summed E-state index contributed by atoms with van der Waals surface area (Å²) >= 11 is 0. The monoisotopic (exact) mass is 353 g/mol. The molecular formula is C14H15N3O6S. The second-order valence-corrected chi connectivity index (χ2v) is 6.61. The minimum Gasteiger partial charge on any atom is -0.467 e. The maximum absolute atomic E-state index is 12.2. The van der Waals surface area contributed by atoms with Crippen LogP contribution in [0.1, 0.15) is 12.7 Å². The number of benzene rings is 1. The summed E-state index contributed by atoms with van der Waals surface area (Å²) in [7, 11) is -4.07. The molecule has 2 N–H and O–H groups in total. The second-order valence-electron chi connectivity index (χ2n) is 4.89. The Morgan fingerprint density at radius 2 is 2.08 bits per heavy atom. The van der Waals surface area contributed by atoms with Gasteiger partial charge in [-0.05, 0) is 25.1 Å². The number of hydrogen-bond acceptors (Lipinski definition) is 6. The second kappa shape index (κ2) is 7.23. The molecular weight excluding hydrogens is 338 g/mol. The number of nitro groups is 1. The van der Waals surface area contributed by atoms with E-state index in [1.807, 2.05) is 0 Å². The maximum atomic E-state index is 12.2. The molecule has 1 aromatic heterocycles. The van der Waals surface area contributed by atoms with E-state index in [-0.39, 0.29) is 17.1 Å². The van der Waals surface area contributed by atoms with Gasteiger partial charge in [-0.1, -0.05) is 6.07 Å². The number of nitrogens with one attached hydrogen (secondary N) is 2. The molecule has 0 aliphatic carbocycles. The summed E-state index contributed by atoms with van der Waals surface area (Å²) < 4.78 is 31.7. The number of hydrogen-bond donors (Lipinski definition) is 2. The molecule has 0 saturated carbocycles. The summed E-state index contributed by atoms with van der Waals surface area (Å²) in [5.74, 6) is -0.0301. The first-order valence-corrected chi connectivity index (χ1v) is 8.35. The molecule has 2 aromatic rings. The Morgan fingerprint density at radius 1 is 1.33 bits per heavy atom. The Morgan fingerprint density at radius 3 is 2.71 bits per heavy atom. The van der Waals surface area contributed by atoms with Crippen molar-refractivity contribution in [3.63, 3.8) is 0 Å². The molecule has 128 valence electrons. The number of carbonyl (C=O) groups is 1. The molecule has 1 amide bonds. The molecule has 0 saturated heterocycles. The van der Waals surface area contributed by atoms with Crippen LogP contribution >= 0.6 is 0 Å². The standard InChI is InChI=1S/C14H15N3O6S/c1-10(14(18)15-9-12-5-3-7-23-12)16-24(21,22)13-6-2-4-11(8-13)17(19)20/h2-8,10,16H,9H2,1H3,(H,15,18)/t10-/m1/s1. The third-order valence-corrected chi connectivity index (χ3v) is 4.62. The van der Waals surface area contributed by atoms with Crippen LogP contribution in [-0.2, 0) is 21.4 Å². The van der Waals surface area contributed by atoms with E-state index in [0.717, 1.165) is 6.07 Å². The van der Waals surface area contributed by atoms with Crippen LogP contribution in [0, 0.1) is 10.1 Å². The van der Waals surface area contributed by atoms with Crippen molar-refractivity contribution in [3.05, 3.63) is 58.5 Å². The Hall–Kier alpha value is -2.72. The van der Waals surface area contributed by atoms with Gasteiger partial charge in [0.1, 0.15) is 5.76 Å². The third-order valence-electron chi connectivity index (χ3n) is 3.08. The van der Waals surface area contributed by atoms with E-state index < -0.39 is 26.9 Å². The number of furan rings is 1. The summed E-state index contributed by atoms with van der Waals surface area (Å²) in [5.41, 5.74) is -0.354. The van der Waals surface area contributed by atoms with Crippen molar-refractivity contribution in [2.75, 3.05) is 0 Å². The van der Waals surface area contributed by atoms with Crippen molar-refractivity contribution in [1.29, 1.82) is 0 Å². The number of amides is 1. The van der Waals surface area contributed by atoms with E-state index in [2.05, 4.69) is 10.0 Å². The van der Waals surface area contributed by atoms with Gasteiger partial charge in [0.15, 0.2) is 0 Å². The molecule has 1 aromatic carbocycles. The largest absolute Gasteiger partial charge is 0.467 e. The predicted molar refractivity (Wildman–Crippen MR) is 83.4 cm³/mol. The molecule has 0 fully saturated rings. The fourth-order valence-electron chi connectivity index (χ4n) is 1.86. The highest BCUT2D eigenvalue weighted by molar-refractivity contribution is 7.89. The van der Waals surface area contributed by atoms with Gasteiger partial charge in [0.2, 0.25) is 15.9 Å². The normalized spacial score (nSPS) is 12.5. The Kier molecular flexibility index (Phi) is 5.31. The first-order valence-electron chi connectivity index (χ1n) is 6.86. The first-order chi connectivity index (χ1) is 11.3. The number of rotatable bonds is 7. The summed E-state index contributed by atoms with van der Waals surface area (Å²) in [5, 5.41) is 13.2. The highest BCUT2D eigenvalue weighted by atomic mass is 32.2. The van der Waals surface area contributed by atoms with Crippen LogP contribution in [0.3, 0.4) is 0 Å². The van der Waals surface area contributed by atoms with E-state index in [1.165, 1.54) is 31.4 Å². The lowest BCUT2D eigenvalue weighted by molar-refractivity contribution is -0.385. The summed E-state index contributed by atoms with van der Waals surface area (Å²) in [4.78, 5) is 21.7. The Balaban J connectivity index is 2.03. The molecule has 1 heterocycles. The number of nitro benzene ring substituents is 1. The van der Waals surface area contributed by atoms with Gasteiger partial charge >= 0.3 is 0 Å². The van der Waals surface area contributed by atoms with Crippen LogP contribution in [0.25, 0.3) is 0 Å². The first kappa shape index (κ1) is 17.6. The molecule has 24 heavy (non-hydrogen) atoms. The molecule has 0 aliphatic rings. The minimum atomic E-state index is -4.07. The predicted octanol–water partition coefficient (Wildman–Crippen LogP) is 1.17. The molecule has 1 atom stereocenters. The van der Waals surface area contributed by atoms with E-state index in [0.29, 0.717) is 5.76 Å². The van der Waals surface area contributed by atoms with Gasteiger partial charge in [-0.3, -0.25) is 14.9 Å². The molecule has 0 unspecified atom stereocenters. The molecule has 0 bridgehead atoms. The van der Waals surface area contributed by atoms with Crippen LogP contribution in [0.5, 0.6) is 0 Å². The molecule has 0 spiro atoms. The molecule has 10 heteroatoms. The zero-order chi connectivity index (χ0) is 17.7. The number of carbonyl (C=O) groups excluding carboxylic acids is 1. The Bertz CT molecular complexity index is 832. The highest BCUT2D eigenvalue weighted by Crippen LogP contribution is 2.17. The fourth-order valence-corrected chi connectivity index (χ4v) is 3.10. The van der Waals surface area contributed by atoms with Gasteiger partial charge in [0.25, 0.3) is 5.69 Å². The summed E-state index contributed by atoms with van der Waals surface area (Å²) in [6.07, 6.45) is 1.45. The lowest BCUT2D eigenvalue weighted by Crippen LogP contribution is -2.44. The van der Waals surface area contributed by atoms with Crippen LogP contribution in [0.15, 0.2) is 52.0 Å². The van der Waals surface area contributed by atoms with Crippen LogP contribution in [0.4, 0.5) is 5.69 Å². The lowest BCUT2D eigenvalue weighted by Gasteiger charge is -2.14. The van der Waals surface area contributed by atoms with Crippen LogP contribution in [0.2, 0.25) is 0 Å². The average molecular weight is 353 g/mol. The zero-order valence-corrected chi connectivity index (χ0v) is 13.4. The van der Waals surface area contributed by atoms with Crippen molar-refractivity contribution in [2.45, 2.75) is 24.4 Å². The van der Waals surface area contributed by atoms with Gasteiger partial charge in [-0.25, -0.2) is 8.42 Å². The maximum Gasteiger partial charge on any atom is 0.270 e. The zero-order valence-electron chi connectivity index (χ0n) is 12.6. The molecule has 2 rings (SSSR count). The number of sulfonamides is 1. The third kappa shape index (κ3) is 4.40. The van der Waals surface area contributed by atoms with Crippen molar-refractivity contribution in [2.24, 2.45) is 0 Å². The van der Waals surface area contributed by atoms with Crippen molar-refractivity contribution >= 4 is 21.6 Å². The molecule has 0 aliphatic heterocycles. The smallest absolute Gasteiger partial charge is 0.270 e. The molecule has 9 nitrogen and oxygen atoms in total. The summed E-state index contributed by atoms with van der Waals surface area (Å²) in [6.45, 7) is 1.49. The van der Waals surface area contributed by atoms with Gasteiger partial charge in [0.05, 0.1) is 28.7 Å². The Labute approximate surface area is 137 Å². The van der Waals surface area contributed by atoms with E-state index >= 15 is 0 Å². The van der Waals surface area contributed by atoms with E-state index in [9.17, 15) is 23.3 Å². The van der Waals surface area contributed by atoms with Crippen LogP contribution in [-0.4, -0.2) is 25.3 Å². The van der Waals surface area contributed by atoms with Crippen molar-refractivity contribution < 1.29 is 22.6 Å². The van der Waals surface area contributed by atoms with Gasteiger partial charge in [-0.2, -0.15) is 4.72 Å². The van der Waals surface area contributed by atoms with E-state index in [4.69, 9.17) is 4.42 Å². The summed E-state index contributed by atoms with van der Waals surface area (Å²) in [6, 6.07) is 6.84. The minimum absolute atomic E-state index is 0.120. The lowest BCUT2D eigenvalue weighted by atomic mass is 10.3. The number of non-ortho nitro benzene ring substituents is 1. The van der Waals surface area contributed by atoms with Crippen LogP contribution < -0.4 is 10.0 Å².